The Morgan fingerprint density at radius 1 is 1.58 bits per heavy atom. The molecule has 12 heavy (non-hydrogen) atoms. The van der Waals surface area contributed by atoms with Crippen molar-refractivity contribution in [2.75, 3.05) is 13.1 Å². The van der Waals surface area contributed by atoms with Gasteiger partial charge in [0.25, 0.3) is 0 Å². The third kappa shape index (κ3) is 2.73. The first kappa shape index (κ1) is 9.95. The predicted molar refractivity (Wildman–Crippen MR) is 48.2 cm³/mol. The maximum Gasteiger partial charge on any atom is 0.214 e. The third-order valence-electron chi connectivity index (χ3n) is 2.00. The Kier molecular flexibility index (Phi) is 3.09. The Balaban J connectivity index is 2.30. The molecule has 72 valence electrons. The summed E-state index contributed by atoms with van der Waals surface area (Å²) in [5, 5.41) is -0.123. The lowest BCUT2D eigenvalue weighted by molar-refractivity contribution is 0.544. The highest BCUT2D eigenvalue weighted by Crippen LogP contribution is 2.27. The fourth-order valence-electron chi connectivity index (χ4n) is 0.838. The first-order chi connectivity index (χ1) is 5.56. The molecule has 1 fully saturated rings. The van der Waals surface area contributed by atoms with E-state index in [1.807, 2.05) is 6.92 Å². The molecule has 3 N–H and O–H groups in total. The maximum atomic E-state index is 11.3. The molecule has 0 bridgehead atoms. The fraction of sp³-hybridized carbons (Fsp3) is 1.00. The summed E-state index contributed by atoms with van der Waals surface area (Å²) in [6, 6.07) is 0. The largest absolute Gasteiger partial charge is 0.330 e. The van der Waals surface area contributed by atoms with Gasteiger partial charge in [0.1, 0.15) is 0 Å². The molecule has 0 spiro atoms. The summed E-state index contributed by atoms with van der Waals surface area (Å²) in [4.78, 5) is 0. The van der Waals surface area contributed by atoms with Crippen LogP contribution in [0.4, 0.5) is 0 Å². The monoisotopic (exact) mass is 192 g/mol. The van der Waals surface area contributed by atoms with Gasteiger partial charge in [-0.15, -0.1) is 0 Å². The molecule has 0 heterocycles. The highest BCUT2D eigenvalue weighted by molar-refractivity contribution is 7.90. The van der Waals surface area contributed by atoms with E-state index >= 15 is 0 Å². The summed E-state index contributed by atoms with van der Waals surface area (Å²) in [5.74, 6) is 0.221. The summed E-state index contributed by atoms with van der Waals surface area (Å²) < 4.78 is 25.1. The van der Waals surface area contributed by atoms with Crippen LogP contribution in [-0.4, -0.2) is 26.8 Å². The van der Waals surface area contributed by atoms with E-state index in [9.17, 15) is 8.42 Å². The van der Waals surface area contributed by atoms with Gasteiger partial charge in [0, 0.05) is 6.54 Å². The van der Waals surface area contributed by atoms with E-state index in [-0.39, 0.29) is 11.2 Å². The van der Waals surface area contributed by atoms with Gasteiger partial charge in [-0.1, -0.05) is 6.92 Å². The third-order valence-corrected chi connectivity index (χ3v) is 3.92. The highest BCUT2D eigenvalue weighted by atomic mass is 32.2. The van der Waals surface area contributed by atoms with Crippen molar-refractivity contribution in [1.82, 2.24) is 4.72 Å². The van der Waals surface area contributed by atoms with Crippen molar-refractivity contribution in [1.29, 1.82) is 0 Å². The van der Waals surface area contributed by atoms with Crippen LogP contribution in [0, 0.1) is 5.92 Å². The molecule has 4 nitrogen and oxygen atoms in total. The van der Waals surface area contributed by atoms with Crippen molar-refractivity contribution in [3.63, 3.8) is 0 Å². The summed E-state index contributed by atoms with van der Waals surface area (Å²) >= 11 is 0. The van der Waals surface area contributed by atoms with Crippen molar-refractivity contribution >= 4 is 10.0 Å². The van der Waals surface area contributed by atoms with E-state index in [4.69, 9.17) is 5.73 Å². The molecular formula is C7H16N2O2S. The van der Waals surface area contributed by atoms with Crippen LogP contribution >= 0.6 is 0 Å². The zero-order valence-corrected chi connectivity index (χ0v) is 8.10. The molecule has 0 amide bonds. The molecule has 1 rings (SSSR count). The molecule has 1 aliphatic carbocycles. The molecule has 5 heteroatoms. The van der Waals surface area contributed by atoms with Crippen LogP contribution < -0.4 is 10.5 Å². The lowest BCUT2D eigenvalue weighted by Crippen LogP contribution is -2.33. The van der Waals surface area contributed by atoms with Gasteiger partial charge in [0.15, 0.2) is 0 Å². The average Bonchev–Trinajstić information content (AvgIpc) is 2.82. The Bertz CT molecular complexity index is 234. The van der Waals surface area contributed by atoms with Gasteiger partial charge < -0.3 is 5.73 Å². The molecule has 1 atom stereocenters. The lowest BCUT2D eigenvalue weighted by Gasteiger charge is -2.09. The van der Waals surface area contributed by atoms with Crippen LogP contribution in [0.1, 0.15) is 19.8 Å². The number of nitrogens with two attached hydrogens (primary N) is 1. The first-order valence-corrected chi connectivity index (χ1v) is 5.79. The van der Waals surface area contributed by atoms with Crippen LogP contribution in [-0.2, 0) is 10.0 Å². The summed E-state index contributed by atoms with van der Waals surface area (Å²) in [6.07, 6.45) is 1.62. The van der Waals surface area contributed by atoms with Crippen molar-refractivity contribution in [3.05, 3.63) is 0 Å². The smallest absolute Gasteiger partial charge is 0.214 e. The van der Waals surface area contributed by atoms with Crippen LogP contribution in [0.2, 0.25) is 0 Å². The fourth-order valence-corrected chi connectivity index (χ4v) is 2.35. The van der Waals surface area contributed by atoms with Gasteiger partial charge in [-0.25, -0.2) is 13.1 Å². The van der Waals surface area contributed by atoms with E-state index in [1.54, 1.807) is 0 Å². The van der Waals surface area contributed by atoms with E-state index in [0.29, 0.717) is 13.1 Å². The number of hydrogen-bond acceptors (Lipinski definition) is 3. The van der Waals surface area contributed by atoms with E-state index < -0.39 is 10.0 Å². The molecule has 0 radical (unpaired) electrons. The van der Waals surface area contributed by atoms with E-state index in [1.165, 1.54) is 0 Å². The molecular weight excluding hydrogens is 176 g/mol. The highest BCUT2D eigenvalue weighted by Gasteiger charge is 2.35. The van der Waals surface area contributed by atoms with Gasteiger partial charge in [0.2, 0.25) is 10.0 Å². The van der Waals surface area contributed by atoms with Gasteiger partial charge in [-0.05, 0) is 25.3 Å². The Hall–Kier alpha value is -0.130. The summed E-state index contributed by atoms with van der Waals surface area (Å²) in [6.45, 7) is 2.91. The average molecular weight is 192 g/mol. The topological polar surface area (TPSA) is 72.2 Å². The quantitative estimate of drug-likeness (QED) is 0.626. The maximum absolute atomic E-state index is 11.3. The summed E-state index contributed by atoms with van der Waals surface area (Å²) in [5.41, 5.74) is 5.36. The van der Waals surface area contributed by atoms with Crippen molar-refractivity contribution in [2.24, 2.45) is 11.7 Å². The predicted octanol–water partition coefficient (Wildman–Crippen LogP) is -0.337. The molecule has 0 saturated heterocycles. The number of nitrogens with one attached hydrogen (secondary N) is 1. The van der Waals surface area contributed by atoms with Crippen molar-refractivity contribution in [3.8, 4) is 0 Å². The van der Waals surface area contributed by atoms with Gasteiger partial charge in [-0.3, -0.25) is 0 Å². The SMILES string of the molecule is CC(CN)CNS(=O)(=O)C1CC1. The normalized spacial score (nSPS) is 20.8. The standard InChI is InChI=1S/C7H16N2O2S/c1-6(4-8)5-9-12(10,11)7-2-3-7/h6-7,9H,2-5,8H2,1H3. The zero-order chi connectivity index (χ0) is 9.19. The van der Waals surface area contributed by atoms with E-state index in [2.05, 4.69) is 4.72 Å². The number of rotatable bonds is 5. The minimum absolute atomic E-state index is 0.123. The molecule has 0 aromatic heterocycles. The van der Waals surface area contributed by atoms with Crippen LogP contribution in [0.15, 0.2) is 0 Å². The second-order valence-corrected chi connectivity index (χ2v) is 5.48. The molecule has 0 aliphatic heterocycles. The van der Waals surface area contributed by atoms with Gasteiger partial charge in [0.05, 0.1) is 5.25 Å². The zero-order valence-electron chi connectivity index (χ0n) is 7.29. The van der Waals surface area contributed by atoms with Gasteiger partial charge in [-0.2, -0.15) is 0 Å². The van der Waals surface area contributed by atoms with E-state index in [0.717, 1.165) is 12.8 Å². The Morgan fingerprint density at radius 2 is 2.17 bits per heavy atom. The molecule has 1 unspecified atom stereocenters. The number of hydrogen-bond donors (Lipinski definition) is 2. The van der Waals surface area contributed by atoms with Crippen molar-refractivity contribution in [2.45, 2.75) is 25.0 Å². The second-order valence-electron chi connectivity index (χ2n) is 3.43. The molecule has 0 aromatic rings. The minimum atomic E-state index is -3.00. The Morgan fingerprint density at radius 3 is 2.58 bits per heavy atom. The van der Waals surface area contributed by atoms with Crippen LogP contribution in [0.5, 0.6) is 0 Å². The van der Waals surface area contributed by atoms with Crippen LogP contribution in [0.25, 0.3) is 0 Å². The molecule has 1 aliphatic rings. The molecule has 1 saturated carbocycles. The number of sulfonamides is 1. The lowest BCUT2D eigenvalue weighted by atomic mass is 10.2. The molecule has 0 aromatic carbocycles. The minimum Gasteiger partial charge on any atom is -0.330 e. The van der Waals surface area contributed by atoms with Crippen LogP contribution in [0.3, 0.4) is 0 Å². The summed E-state index contributed by atoms with van der Waals surface area (Å²) in [7, 11) is -3.00. The Labute approximate surface area is 73.6 Å². The van der Waals surface area contributed by atoms with Crippen molar-refractivity contribution < 1.29 is 8.42 Å². The second kappa shape index (κ2) is 3.72. The first-order valence-electron chi connectivity index (χ1n) is 4.25. The van der Waals surface area contributed by atoms with Gasteiger partial charge >= 0.3 is 0 Å².